The highest BCUT2D eigenvalue weighted by atomic mass is 16.7. The Bertz CT molecular complexity index is 2270. The minimum atomic E-state index is -0.582. The lowest BCUT2D eigenvalue weighted by atomic mass is 9.89. The molecule has 0 bridgehead atoms. The molecule has 0 radical (unpaired) electrons. The molecular weight excluding hydrogens is 789 g/mol. The Morgan fingerprint density at radius 2 is 1.26 bits per heavy atom. The fraction of sp³-hybridized carbons (Fsp3) is 0.447. The van der Waals surface area contributed by atoms with Crippen molar-refractivity contribution in [3.8, 4) is 0 Å². The zero-order valence-corrected chi connectivity index (χ0v) is 35.6. The smallest absolute Gasteiger partial charge is 0.293 e. The summed E-state index contributed by atoms with van der Waals surface area (Å²) in [5, 5.41) is 35.6. The number of nitro benzene ring substituents is 2. The first kappa shape index (κ1) is 42.8. The molecule has 4 aliphatic heterocycles. The van der Waals surface area contributed by atoms with Gasteiger partial charge in [0.1, 0.15) is 17.4 Å². The van der Waals surface area contributed by atoms with Crippen LogP contribution in [-0.2, 0) is 14.4 Å². The Hall–Kier alpha value is -5.90. The van der Waals surface area contributed by atoms with E-state index in [4.69, 9.17) is 4.84 Å². The van der Waals surface area contributed by atoms with Crippen LogP contribution in [0, 0.1) is 20.2 Å². The average molecular weight is 845 g/mol. The van der Waals surface area contributed by atoms with Gasteiger partial charge >= 0.3 is 0 Å². The monoisotopic (exact) mass is 844 g/mol. The molecule has 0 aliphatic carbocycles. The van der Waals surface area contributed by atoms with Gasteiger partial charge in [-0.2, -0.15) is 5.06 Å². The van der Waals surface area contributed by atoms with Crippen molar-refractivity contribution in [1.82, 2.24) is 10.4 Å². The van der Waals surface area contributed by atoms with E-state index in [9.17, 15) is 29.8 Å². The fourth-order valence-electron chi connectivity index (χ4n) is 9.69. The number of nitrogens with zero attached hydrogens (tertiary/aromatic N) is 5. The number of hydrogen-bond acceptors (Lipinski definition) is 11. The first-order chi connectivity index (χ1) is 29.8. The number of nitrogens with one attached hydrogen (secondary N) is 3. The van der Waals surface area contributed by atoms with Crippen LogP contribution in [-0.4, -0.2) is 70.6 Å². The van der Waals surface area contributed by atoms with Crippen LogP contribution in [0.5, 0.6) is 0 Å². The lowest BCUT2D eigenvalue weighted by Crippen LogP contribution is -2.43. The summed E-state index contributed by atoms with van der Waals surface area (Å²) in [6, 6.07) is 27.3. The van der Waals surface area contributed by atoms with Gasteiger partial charge in [-0.05, 0) is 138 Å². The Labute approximate surface area is 362 Å². The van der Waals surface area contributed by atoms with Gasteiger partial charge in [0, 0.05) is 43.1 Å². The molecule has 4 aromatic carbocycles. The molecule has 3 N–H and O–H groups in total. The fourth-order valence-corrected chi connectivity index (χ4v) is 9.69. The first-order valence-electron chi connectivity index (χ1n) is 21.9. The van der Waals surface area contributed by atoms with Crippen LogP contribution in [0.1, 0.15) is 107 Å². The number of benzene rings is 4. The summed E-state index contributed by atoms with van der Waals surface area (Å²) < 4.78 is 0. The number of amides is 2. The summed E-state index contributed by atoms with van der Waals surface area (Å²) in [6.45, 7) is 8.89. The van der Waals surface area contributed by atoms with E-state index in [-0.39, 0.29) is 46.6 Å². The van der Waals surface area contributed by atoms with Gasteiger partial charge in [0.05, 0.1) is 33.6 Å². The molecule has 4 aliphatic rings. The van der Waals surface area contributed by atoms with Gasteiger partial charge in [-0.3, -0.25) is 34.7 Å². The van der Waals surface area contributed by atoms with E-state index < -0.39 is 27.5 Å². The van der Waals surface area contributed by atoms with Gasteiger partial charge in [0.2, 0.25) is 11.8 Å². The molecule has 4 heterocycles. The predicted molar refractivity (Wildman–Crippen MR) is 239 cm³/mol. The summed E-state index contributed by atoms with van der Waals surface area (Å²) in [7, 11) is 0. The second kappa shape index (κ2) is 18.2. The minimum Gasteiger partial charge on any atom is -0.371 e. The van der Waals surface area contributed by atoms with Gasteiger partial charge in [0.25, 0.3) is 11.4 Å². The standard InChI is InChI=1S/C47H56N8O7/c1-47(2,3)62-52-26-8-12-42(52)46(57)50-38-20-14-34(30-44(38)55(60)61)41-22-21-40(33-13-19-37(43(29-33)54(58)59)49-45(56)39-11-7-25-48-39)53(41)36-17-15-35(16-18-36)51-27-23-32(24-28-51)31-9-5-4-6-10-31/h4-6,9-10,13-20,29-30,32,39-42,48H,7-8,11-12,21-28H2,1-3H3,(H,49,56)(H,50,57)/t39-,40+,41+,42-/m0/s1. The van der Waals surface area contributed by atoms with Crippen LogP contribution in [0.2, 0.25) is 0 Å². The van der Waals surface area contributed by atoms with Crippen molar-refractivity contribution >= 4 is 45.9 Å². The van der Waals surface area contributed by atoms with Gasteiger partial charge in [-0.15, -0.1) is 0 Å². The molecule has 62 heavy (non-hydrogen) atoms. The van der Waals surface area contributed by atoms with Gasteiger partial charge < -0.3 is 25.8 Å². The Balaban J connectivity index is 1.08. The van der Waals surface area contributed by atoms with Crippen LogP contribution in [0.15, 0.2) is 91.0 Å². The zero-order valence-electron chi connectivity index (χ0n) is 35.6. The van der Waals surface area contributed by atoms with E-state index in [1.165, 1.54) is 11.6 Å². The second-order valence-corrected chi connectivity index (χ2v) is 17.9. The maximum Gasteiger partial charge on any atom is 0.293 e. The topological polar surface area (TPSA) is 175 Å². The number of hydrogen-bond donors (Lipinski definition) is 3. The number of anilines is 4. The van der Waals surface area contributed by atoms with E-state index in [1.807, 2.05) is 39.0 Å². The Morgan fingerprint density at radius 1 is 0.677 bits per heavy atom. The summed E-state index contributed by atoms with van der Waals surface area (Å²) in [5.41, 5.74) is 4.04. The van der Waals surface area contributed by atoms with Crippen molar-refractivity contribution in [3.63, 3.8) is 0 Å². The molecule has 8 rings (SSSR count). The van der Waals surface area contributed by atoms with Crippen molar-refractivity contribution in [1.29, 1.82) is 0 Å². The van der Waals surface area contributed by atoms with Crippen LogP contribution < -0.4 is 25.8 Å². The van der Waals surface area contributed by atoms with E-state index in [0.29, 0.717) is 49.3 Å². The Kier molecular flexibility index (Phi) is 12.6. The van der Waals surface area contributed by atoms with Crippen molar-refractivity contribution in [2.75, 3.05) is 46.6 Å². The highest BCUT2D eigenvalue weighted by molar-refractivity contribution is 5.97. The predicted octanol–water partition coefficient (Wildman–Crippen LogP) is 8.79. The summed E-state index contributed by atoms with van der Waals surface area (Å²) in [4.78, 5) is 61.4. The minimum absolute atomic E-state index is 0.105. The molecule has 0 unspecified atom stereocenters. The maximum atomic E-state index is 13.6. The molecular formula is C47H56N8O7. The van der Waals surface area contributed by atoms with E-state index in [0.717, 1.165) is 56.7 Å². The third-order valence-corrected chi connectivity index (χ3v) is 12.7. The van der Waals surface area contributed by atoms with Crippen LogP contribution >= 0.6 is 0 Å². The Morgan fingerprint density at radius 3 is 1.81 bits per heavy atom. The van der Waals surface area contributed by atoms with Gasteiger partial charge in [-0.1, -0.05) is 42.5 Å². The summed E-state index contributed by atoms with van der Waals surface area (Å²) in [6.07, 6.45) is 6.16. The maximum absolute atomic E-state index is 13.6. The number of carbonyl (C=O) groups is 2. The van der Waals surface area contributed by atoms with E-state index in [1.54, 1.807) is 23.3 Å². The first-order valence-corrected chi connectivity index (χ1v) is 21.9. The molecule has 4 saturated heterocycles. The third-order valence-electron chi connectivity index (χ3n) is 12.7. The van der Waals surface area contributed by atoms with Crippen LogP contribution in [0.4, 0.5) is 34.1 Å². The van der Waals surface area contributed by atoms with Gasteiger partial charge in [-0.25, -0.2) is 0 Å². The quantitative estimate of drug-likeness (QED) is 0.0918. The lowest BCUT2D eigenvalue weighted by molar-refractivity contribution is -0.384. The van der Waals surface area contributed by atoms with E-state index >= 15 is 0 Å². The third kappa shape index (κ3) is 9.44. The van der Waals surface area contributed by atoms with Gasteiger partial charge in [0.15, 0.2) is 0 Å². The molecule has 15 nitrogen and oxygen atoms in total. The number of hydroxylamine groups is 2. The van der Waals surface area contributed by atoms with E-state index in [2.05, 4.69) is 74.3 Å². The molecule has 15 heteroatoms. The molecule has 0 spiro atoms. The highest BCUT2D eigenvalue weighted by Crippen LogP contribution is 2.49. The molecule has 4 atom stereocenters. The second-order valence-electron chi connectivity index (χ2n) is 17.9. The molecule has 0 aromatic heterocycles. The number of carbonyl (C=O) groups excluding carboxylic acids is 2. The normalized spacial score (nSPS) is 22.2. The number of nitro groups is 2. The number of rotatable bonds is 12. The number of piperidine rings is 1. The summed E-state index contributed by atoms with van der Waals surface area (Å²) >= 11 is 0. The van der Waals surface area contributed by atoms with Crippen molar-refractivity contribution in [2.24, 2.45) is 0 Å². The van der Waals surface area contributed by atoms with Crippen molar-refractivity contribution < 1.29 is 24.3 Å². The average Bonchev–Trinajstić information content (AvgIpc) is 4.06. The summed E-state index contributed by atoms with van der Waals surface area (Å²) in [5.74, 6) is -0.148. The molecule has 326 valence electrons. The molecule has 4 aromatic rings. The lowest BCUT2D eigenvalue weighted by Gasteiger charge is -2.35. The van der Waals surface area contributed by atoms with Crippen LogP contribution in [0.3, 0.4) is 0 Å². The zero-order chi connectivity index (χ0) is 43.5. The molecule has 2 amide bonds. The largest absolute Gasteiger partial charge is 0.371 e. The van der Waals surface area contributed by atoms with Crippen molar-refractivity contribution in [3.05, 3.63) is 128 Å². The highest BCUT2D eigenvalue weighted by Gasteiger charge is 2.39. The molecule has 0 saturated carbocycles. The SMILES string of the molecule is CC(C)(C)ON1CCC[C@H]1C(=O)Nc1ccc([C@H]2CC[C@H](c3ccc(NC(=O)[C@@H]4CCCN4)c([N+](=O)[O-])c3)N2c2ccc(N3CCC(c4ccccc4)CC3)cc2)cc1[N+](=O)[O-]. The molecule has 4 fully saturated rings. The van der Waals surface area contributed by atoms with Crippen LogP contribution in [0.25, 0.3) is 0 Å². The van der Waals surface area contributed by atoms with Crippen molar-refractivity contribution in [2.45, 2.75) is 108 Å².